The van der Waals surface area contributed by atoms with E-state index in [-0.39, 0.29) is 12.1 Å². The van der Waals surface area contributed by atoms with Crippen LogP contribution in [0, 0.1) is 0 Å². The molecule has 7 heteroatoms. The van der Waals surface area contributed by atoms with Crippen LogP contribution < -0.4 is 10.2 Å². The maximum atomic E-state index is 13.0. The molecule has 0 aliphatic carbocycles. The number of nitrogens with zero attached hydrogens (tertiary/aromatic N) is 2. The molecule has 7 nitrogen and oxygen atoms in total. The lowest BCUT2D eigenvalue weighted by Gasteiger charge is -2.29. The molecule has 1 aliphatic heterocycles. The number of morpholine rings is 1. The molecular formula is C23H27N3O4. The predicted octanol–water partition coefficient (Wildman–Crippen LogP) is 4.18. The summed E-state index contributed by atoms with van der Waals surface area (Å²) in [4.78, 5) is 17.0. The second-order valence-corrected chi connectivity index (χ2v) is 7.38. The SMILES string of the molecule is CC(NC(=O)N(Cc1ccco1)Cc1ccco1)c1ccc(N2CCOCC2)cc1. The molecule has 158 valence electrons. The normalized spacial score (nSPS) is 15.0. The Morgan fingerprint density at radius 1 is 1.00 bits per heavy atom. The number of carbonyl (C=O) groups excluding carboxylic acids is 1. The van der Waals surface area contributed by atoms with E-state index in [2.05, 4.69) is 34.5 Å². The number of benzene rings is 1. The van der Waals surface area contributed by atoms with E-state index in [1.807, 2.05) is 31.2 Å². The van der Waals surface area contributed by atoms with Crippen molar-refractivity contribution in [3.05, 3.63) is 78.1 Å². The van der Waals surface area contributed by atoms with Crippen LogP contribution in [-0.4, -0.2) is 37.2 Å². The summed E-state index contributed by atoms with van der Waals surface area (Å²) in [6.45, 7) is 6.04. The molecule has 3 heterocycles. The zero-order chi connectivity index (χ0) is 20.8. The fourth-order valence-electron chi connectivity index (χ4n) is 3.54. The molecule has 0 radical (unpaired) electrons. The van der Waals surface area contributed by atoms with Gasteiger partial charge in [-0.05, 0) is 48.9 Å². The fourth-order valence-corrected chi connectivity index (χ4v) is 3.54. The number of hydrogen-bond donors (Lipinski definition) is 1. The highest BCUT2D eigenvalue weighted by molar-refractivity contribution is 5.74. The van der Waals surface area contributed by atoms with Crippen LogP contribution in [0.3, 0.4) is 0 Å². The number of hydrogen-bond acceptors (Lipinski definition) is 5. The summed E-state index contributed by atoms with van der Waals surface area (Å²) in [5, 5.41) is 3.09. The van der Waals surface area contributed by atoms with E-state index in [4.69, 9.17) is 13.6 Å². The Labute approximate surface area is 176 Å². The monoisotopic (exact) mass is 409 g/mol. The number of rotatable bonds is 7. The highest BCUT2D eigenvalue weighted by Crippen LogP contribution is 2.21. The van der Waals surface area contributed by atoms with Gasteiger partial charge in [-0.2, -0.15) is 0 Å². The van der Waals surface area contributed by atoms with E-state index >= 15 is 0 Å². The Balaban J connectivity index is 1.40. The molecule has 1 atom stereocenters. The first-order valence-electron chi connectivity index (χ1n) is 10.2. The summed E-state index contributed by atoms with van der Waals surface area (Å²) < 4.78 is 16.3. The van der Waals surface area contributed by atoms with Gasteiger partial charge in [0.25, 0.3) is 0 Å². The molecule has 3 aromatic rings. The minimum absolute atomic E-state index is 0.132. The van der Waals surface area contributed by atoms with Crippen molar-refractivity contribution in [2.24, 2.45) is 0 Å². The van der Waals surface area contributed by atoms with Crippen LogP contribution in [0.4, 0.5) is 10.5 Å². The number of anilines is 1. The van der Waals surface area contributed by atoms with Gasteiger partial charge in [-0.15, -0.1) is 0 Å². The standard InChI is InChI=1S/C23H27N3O4/c1-18(19-6-8-20(9-7-19)25-10-14-28-15-11-25)24-23(27)26(16-21-4-2-12-29-21)17-22-5-3-13-30-22/h2-9,12-13,18H,10-11,14-17H2,1H3,(H,24,27). The van der Waals surface area contributed by atoms with Crippen LogP contribution in [-0.2, 0) is 17.8 Å². The number of furan rings is 2. The molecule has 0 spiro atoms. The van der Waals surface area contributed by atoms with Gasteiger partial charge in [-0.1, -0.05) is 12.1 Å². The minimum atomic E-state index is -0.174. The van der Waals surface area contributed by atoms with Crippen molar-refractivity contribution in [2.45, 2.75) is 26.1 Å². The molecule has 1 fully saturated rings. The largest absolute Gasteiger partial charge is 0.467 e. The summed E-state index contributed by atoms with van der Waals surface area (Å²) in [7, 11) is 0. The Morgan fingerprint density at radius 2 is 1.60 bits per heavy atom. The van der Waals surface area contributed by atoms with E-state index in [1.54, 1.807) is 17.4 Å². The van der Waals surface area contributed by atoms with Crippen LogP contribution in [0.2, 0.25) is 0 Å². The Morgan fingerprint density at radius 3 is 2.13 bits per heavy atom. The lowest BCUT2D eigenvalue weighted by molar-refractivity contribution is 0.122. The Bertz CT molecular complexity index is 864. The molecular weight excluding hydrogens is 382 g/mol. The third kappa shape index (κ3) is 5.04. The van der Waals surface area contributed by atoms with Gasteiger partial charge in [0.05, 0.1) is 44.9 Å². The van der Waals surface area contributed by atoms with Crippen LogP contribution in [0.1, 0.15) is 30.0 Å². The quantitative estimate of drug-likeness (QED) is 0.634. The summed E-state index contributed by atoms with van der Waals surface area (Å²) in [6.07, 6.45) is 3.22. The molecule has 0 saturated carbocycles. The first-order chi connectivity index (χ1) is 14.7. The lowest BCUT2D eigenvalue weighted by atomic mass is 10.1. The average molecular weight is 409 g/mol. The Kier molecular flexibility index (Phi) is 6.39. The number of ether oxygens (including phenoxy) is 1. The molecule has 2 aromatic heterocycles. The maximum Gasteiger partial charge on any atom is 0.318 e. The van der Waals surface area contributed by atoms with Gasteiger partial charge in [0.2, 0.25) is 0 Å². The first-order valence-corrected chi connectivity index (χ1v) is 10.2. The van der Waals surface area contributed by atoms with Crippen molar-refractivity contribution in [3.8, 4) is 0 Å². The third-order valence-electron chi connectivity index (χ3n) is 5.25. The molecule has 1 saturated heterocycles. The van der Waals surface area contributed by atoms with E-state index < -0.39 is 0 Å². The summed E-state index contributed by atoms with van der Waals surface area (Å²) in [5.41, 5.74) is 2.23. The van der Waals surface area contributed by atoms with Gasteiger partial charge in [-0.3, -0.25) is 0 Å². The zero-order valence-corrected chi connectivity index (χ0v) is 17.1. The van der Waals surface area contributed by atoms with Gasteiger partial charge < -0.3 is 28.7 Å². The number of amides is 2. The van der Waals surface area contributed by atoms with Crippen LogP contribution in [0.5, 0.6) is 0 Å². The van der Waals surface area contributed by atoms with Crippen LogP contribution in [0.25, 0.3) is 0 Å². The summed E-state index contributed by atoms with van der Waals surface area (Å²) in [5.74, 6) is 1.44. The van der Waals surface area contributed by atoms with Crippen molar-refractivity contribution in [2.75, 3.05) is 31.2 Å². The second-order valence-electron chi connectivity index (χ2n) is 7.38. The van der Waals surface area contributed by atoms with Gasteiger partial charge in [-0.25, -0.2) is 4.79 Å². The van der Waals surface area contributed by atoms with Crippen molar-refractivity contribution in [1.29, 1.82) is 0 Å². The smallest absolute Gasteiger partial charge is 0.318 e. The molecule has 2 amide bonds. The number of urea groups is 1. The fraction of sp³-hybridized carbons (Fsp3) is 0.348. The topological polar surface area (TPSA) is 71.1 Å². The average Bonchev–Trinajstić information content (AvgIpc) is 3.48. The molecule has 0 bridgehead atoms. The molecule has 4 rings (SSSR count). The van der Waals surface area contributed by atoms with E-state index in [0.717, 1.165) is 43.4 Å². The van der Waals surface area contributed by atoms with Gasteiger partial charge in [0.1, 0.15) is 11.5 Å². The van der Waals surface area contributed by atoms with Gasteiger partial charge >= 0.3 is 6.03 Å². The van der Waals surface area contributed by atoms with Crippen LogP contribution in [0.15, 0.2) is 69.9 Å². The van der Waals surface area contributed by atoms with Crippen molar-refractivity contribution in [3.63, 3.8) is 0 Å². The van der Waals surface area contributed by atoms with E-state index in [0.29, 0.717) is 13.1 Å². The van der Waals surface area contributed by atoms with E-state index in [1.165, 1.54) is 5.69 Å². The minimum Gasteiger partial charge on any atom is -0.467 e. The second kappa shape index (κ2) is 9.54. The van der Waals surface area contributed by atoms with Crippen molar-refractivity contribution < 1.29 is 18.4 Å². The third-order valence-corrected chi connectivity index (χ3v) is 5.25. The highest BCUT2D eigenvalue weighted by Gasteiger charge is 2.20. The molecule has 30 heavy (non-hydrogen) atoms. The number of nitrogens with one attached hydrogen (secondary N) is 1. The lowest BCUT2D eigenvalue weighted by Crippen LogP contribution is -2.40. The molecule has 1 aliphatic rings. The van der Waals surface area contributed by atoms with Gasteiger partial charge in [0.15, 0.2) is 0 Å². The van der Waals surface area contributed by atoms with Gasteiger partial charge in [0, 0.05) is 18.8 Å². The number of carbonyl (C=O) groups is 1. The Hall–Kier alpha value is -3.19. The summed E-state index contributed by atoms with van der Waals surface area (Å²) in [6, 6.07) is 15.4. The predicted molar refractivity (Wildman–Crippen MR) is 113 cm³/mol. The molecule has 1 unspecified atom stereocenters. The van der Waals surface area contributed by atoms with Crippen LogP contribution >= 0.6 is 0 Å². The summed E-state index contributed by atoms with van der Waals surface area (Å²) >= 11 is 0. The highest BCUT2D eigenvalue weighted by atomic mass is 16.5. The molecule has 1 N–H and O–H groups in total. The van der Waals surface area contributed by atoms with Crippen molar-refractivity contribution in [1.82, 2.24) is 10.2 Å². The molecule has 1 aromatic carbocycles. The first kappa shape index (κ1) is 20.1. The van der Waals surface area contributed by atoms with E-state index in [9.17, 15) is 4.79 Å². The van der Waals surface area contributed by atoms with Crippen molar-refractivity contribution >= 4 is 11.7 Å². The maximum absolute atomic E-state index is 13.0. The zero-order valence-electron chi connectivity index (χ0n) is 17.1.